The third kappa shape index (κ3) is 2.20. The van der Waals surface area contributed by atoms with E-state index >= 15 is 0 Å². The van der Waals surface area contributed by atoms with Crippen molar-refractivity contribution in [1.82, 2.24) is 5.32 Å². The molecule has 0 aromatic carbocycles. The highest BCUT2D eigenvalue weighted by atomic mass is 14.9. The van der Waals surface area contributed by atoms with Gasteiger partial charge in [-0.2, -0.15) is 0 Å². The van der Waals surface area contributed by atoms with Gasteiger partial charge in [0.25, 0.3) is 0 Å². The molecule has 0 radical (unpaired) electrons. The van der Waals surface area contributed by atoms with E-state index in [1.165, 1.54) is 25.7 Å². The summed E-state index contributed by atoms with van der Waals surface area (Å²) >= 11 is 0. The minimum absolute atomic E-state index is 0.623. The topological polar surface area (TPSA) is 38.0 Å². The van der Waals surface area contributed by atoms with Crippen molar-refractivity contribution in [2.24, 2.45) is 17.6 Å². The SMILES string of the molecule is CNC(C(C)CN)C1CCCC1. The molecule has 1 aliphatic carbocycles. The van der Waals surface area contributed by atoms with E-state index in [0.29, 0.717) is 12.0 Å². The van der Waals surface area contributed by atoms with E-state index in [2.05, 4.69) is 19.3 Å². The molecule has 1 saturated carbocycles. The second kappa shape index (κ2) is 4.83. The van der Waals surface area contributed by atoms with Gasteiger partial charge >= 0.3 is 0 Å². The first-order valence-electron chi connectivity index (χ1n) is 5.17. The second-order valence-electron chi connectivity index (χ2n) is 4.07. The smallest absolute Gasteiger partial charge is 0.0130 e. The van der Waals surface area contributed by atoms with Crippen LogP contribution in [0.5, 0.6) is 0 Å². The van der Waals surface area contributed by atoms with E-state index in [4.69, 9.17) is 5.73 Å². The number of rotatable bonds is 4. The fourth-order valence-electron chi connectivity index (χ4n) is 2.45. The lowest BCUT2D eigenvalue weighted by atomic mass is 9.88. The maximum Gasteiger partial charge on any atom is 0.0130 e. The van der Waals surface area contributed by atoms with Gasteiger partial charge in [0, 0.05) is 6.04 Å². The first-order valence-corrected chi connectivity index (χ1v) is 5.17. The minimum Gasteiger partial charge on any atom is -0.330 e. The number of hydrogen-bond donors (Lipinski definition) is 2. The van der Waals surface area contributed by atoms with Gasteiger partial charge in [0.1, 0.15) is 0 Å². The van der Waals surface area contributed by atoms with Gasteiger partial charge in [0.05, 0.1) is 0 Å². The Bertz CT molecular complexity index is 119. The molecule has 1 rings (SSSR count). The Kier molecular flexibility index (Phi) is 4.02. The lowest BCUT2D eigenvalue weighted by Gasteiger charge is -2.28. The third-order valence-electron chi connectivity index (χ3n) is 3.23. The third-order valence-corrected chi connectivity index (χ3v) is 3.23. The van der Waals surface area contributed by atoms with Gasteiger partial charge in [-0.3, -0.25) is 0 Å². The van der Waals surface area contributed by atoms with Crippen molar-refractivity contribution in [3.8, 4) is 0 Å². The summed E-state index contributed by atoms with van der Waals surface area (Å²) < 4.78 is 0. The normalized spacial score (nSPS) is 24.2. The maximum atomic E-state index is 5.68. The Hall–Kier alpha value is -0.0800. The van der Waals surface area contributed by atoms with Gasteiger partial charge in [0.15, 0.2) is 0 Å². The molecule has 1 fully saturated rings. The molecule has 2 heteroatoms. The minimum atomic E-state index is 0.623. The largest absolute Gasteiger partial charge is 0.330 e. The van der Waals surface area contributed by atoms with Gasteiger partial charge in [-0.1, -0.05) is 19.8 Å². The molecule has 0 heterocycles. The molecule has 72 valence electrons. The van der Waals surface area contributed by atoms with E-state index < -0.39 is 0 Å². The standard InChI is InChI=1S/C10H22N2/c1-8(7-11)10(12-2)9-5-3-4-6-9/h8-10,12H,3-7,11H2,1-2H3. The van der Waals surface area contributed by atoms with E-state index in [1.54, 1.807) is 0 Å². The van der Waals surface area contributed by atoms with Crippen LogP contribution in [0.2, 0.25) is 0 Å². The summed E-state index contributed by atoms with van der Waals surface area (Å²) in [6.45, 7) is 3.06. The Labute approximate surface area is 75.9 Å². The van der Waals surface area contributed by atoms with Gasteiger partial charge in [-0.25, -0.2) is 0 Å². The van der Waals surface area contributed by atoms with Gasteiger partial charge in [-0.05, 0) is 38.3 Å². The van der Waals surface area contributed by atoms with Crippen LogP contribution in [0.3, 0.4) is 0 Å². The predicted octanol–water partition coefficient (Wildman–Crippen LogP) is 1.36. The summed E-state index contributed by atoms with van der Waals surface area (Å²) in [6.07, 6.45) is 5.63. The lowest BCUT2D eigenvalue weighted by molar-refractivity contribution is 0.291. The van der Waals surface area contributed by atoms with Crippen LogP contribution in [-0.2, 0) is 0 Å². The molecule has 3 N–H and O–H groups in total. The maximum absolute atomic E-state index is 5.68. The van der Waals surface area contributed by atoms with Crippen molar-refractivity contribution in [3.63, 3.8) is 0 Å². The lowest BCUT2D eigenvalue weighted by Crippen LogP contribution is -2.41. The Balaban J connectivity index is 2.42. The van der Waals surface area contributed by atoms with E-state index in [-0.39, 0.29) is 0 Å². The average Bonchev–Trinajstić information content (AvgIpc) is 2.58. The summed E-state index contributed by atoms with van der Waals surface area (Å²) in [5.74, 6) is 1.51. The van der Waals surface area contributed by atoms with Crippen LogP contribution in [0.15, 0.2) is 0 Å². The molecular weight excluding hydrogens is 148 g/mol. The molecule has 1 aliphatic rings. The van der Waals surface area contributed by atoms with Crippen LogP contribution in [0.4, 0.5) is 0 Å². The molecule has 0 saturated heterocycles. The predicted molar refractivity (Wildman–Crippen MR) is 53.0 cm³/mol. The second-order valence-corrected chi connectivity index (χ2v) is 4.07. The summed E-state index contributed by atoms with van der Waals surface area (Å²) in [5.41, 5.74) is 5.68. The summed E-state index contributed by atoms with van der Waals surface area (Å²) in [7, 11) is 2.06. The molecule has 0 spiro atoms. The zero-order chi connectivity index (χ0) is 8.97. The summed E-state index contributed by atoms with van der Waals surface area (Å²) in [4.78, 5) is 0. The fourth-order valence-corrected chi connectivity index (χ4v) is 2.45. The molecule has 0 aromatic heterocycles. The molecule has 0 amide bonds. The van der Waals surface area contributed by atoms with Crippen molar-refractivity contribution < 1.29 is 0 Å². The van der Waals surface area contributed by atoms with Crippen LogP contribution < -0.4 is 11.1 Å². The van der Waals surface area contributed by atoms with Crippen LogP contribution in [0.25, 0.3) is 0 Å². The monoisotopic (exact) mass is 170 g/mol. The number of hydrogen-bond acceptors (Lipinski definition) is 2. The fraction of sp³-hybridized carbons (Fsp3) is 1.00. The van der Waals surface area contributed by atoms with Crippen LogP contribution in [0.1, 0.15) is 32.6 Å². The Morgan fingerprint density at radius 2 is 2.00 bits per heavy atom. The Morgan fingerprint density at radius 1 is 1.42 bits per heavy atom. The van der Waals surface area contributed by atoms with Gasteiger partial charge < -0.3 is 11.1 Å². The van der Waals surface area contributed by atoms with Crippen LogP contribution in [0, 0.1) is 11.8 Å². The quantitative estimate of drug-likeness (QED) is 0.668. The van der Waals surface area contributed by atoms with Crippen LogP contribution in [-0.4, -0.2) is 19.6 Å². The Morgan fingerprint density at radius 3 is 2.42 bits per heavy atom. The van der Waals surface area contributed by atoms with E-state index in [1.807, 2.05) is 0 Å². The number of nitrogens with one attached hydrogen (secondary N) is 1. The van der Waals surface area contributed by atoms with E-state index in [9.17, 15) is 0 Å². The van der Waals surface area contributed by atoms with E-state index in [0.717, 1.165) is 12.5 Å². The van der Waals surface area contributed by atoms with Gasteiger partial charge in [0.2, 0.25) is 0 Å². The van der Waals surface area contributed by atoms with Crippen LogP contribution >= 0.6 is 0 Å². The van der Waals surface area contributed by atoms with Crippen molar-refractivity contribution in [1.29, 1.82) is 0 Å². The first kappa shape index (κ1) is 10.0. The van der Waals surface area contributed by atoms with Crippen molar-refractivity contribution in [2.75, 3.05) is 13.6 Å². The molecule has 0 aromatic rings. The van der Waals surface area contributed by atoms with Crippen molar-refractivity contribution >= 4 is 0 Å². The van der Waals surface area contributed by atoms with Crippen molar-refractivity contribution in [3.05, 3.63) is 0 Å². The highest BCUT2D eigenvalue weighted by Gasteiger charge is 2.26. The molecule has 0 aliphatic heterocycles. The molecule has 2 nitrogen and oxygen atoms in total. The molecule has 2 atom stereocenters. The number of nitrogens with two attached hydrogens (primary N) is 1. The zero-order valence-corrected chi connectivity index (χ0v) is 8.34. The van der Waals surface area contributed by atoms with Crippen molar-refractivity contribution in [2.45, 2.75) is 38.6 Å². The highest BCUT2D eigenvalue weighted by molar-refractivity contribution is 4.83. The molecule has 0 bridgehead atoms. The zero-order valence-electron chi connectivity index (χ0n) is 8.34. The summed E-state index contributed by atoms with van der Waals surface area (Å²) in [5, 5.41) is 3.41. The first-order chi connectivity index (χ1) is 5.79. The highest BCUT2D eigenvalue weighted by Crippen LogP contribution is 2.30. The molecule has 12 heavy (non-hydrogen) atoms. The van der Waals surface area contributed by atoms with Gasteiger partial charge in [-0.15, -0.1) is 0 Å². The summed E-state index contributed by atoms with van der Waals surface area (Å²) in [6, 6.07) is 0.650. The average molecular weight is 170 g/mol. The molecular formula is C10H22N2. The molecule has 2 unspecified atom stereocenters.